The number of nitrogens with zero attached hydrogens (tertiary/aromatic N) is 1. The number of benzene rings is 2. The van der Waals surface area contributed by atoms with Crippen LogP contribution >= 0.6 is 0 Å². The Morgan fingerprint density at radius 2 is 1.57 bits per heavy atom. The first-order valence-corrected chi connectivity index (χ1v) is 4.41. The monoisotopic (exact) mass is 177 g/mol. The summed E-state index contributed by atoms with van der Waals surface area (Å²) in [6.45, 7) is 2.13. The summed E-state index contributed by atoms with van der Waals surface area (Å²) in [6, 6.07) is 12.6. The van der Waals surface area contributed by atoms with Crippen LogP contribution in [0.2, 0.25) is 0 Å². The van der Waals surface area contributed by atoms with Crippen molar-refractivity contribution in [3.05, 3.63) is 47.3 Å². The van der Waals surface area contributed by atoms with Gasteiger partial charge in [0.15, 0.2) is 0 Å². The fourth-order valence-corrected chi connectivity index (χ4v) is 1.63. The molecule has 2 heteroatoms. The van der Waals surface area contributed by atoms with Gasteiger partial charge in [0.25, 0.3) is 0 Å². The van der Waals surface area contributed by atoms with Gasteiger partial charge in [0.1, 0.15) is 0 Å². The second-order valence-electron chi connectivity index (χ2n) is 3.17. The number of hydrogen-bond donors (Lipinski definition) is 0. The summed E-state index contributed by atoms with van der Waals surface area (Å²) in [5.41, 5.74) is 2.38. The average Bonchev–Trinajstić information content (AvgIpc) is 2.19. The van der Waals surface area contributed by atoms with Crippen LogP contribution in [0.1, 0.15) is 5.56 Å². The Balaban J connectivity index is 0.000000980. The van der Waals surface area contributed by atoms with E-state index in [1.54, 1.807) is 0 Å². The Morgan fingerprint density at radius 3 is 2.21 bits per heavy atom. The smallest absolute Gasteiger partial charge is 0.686 e. The molecule has 0 aliphatic rings. The Kier molecular flexibility index (Phi) is 3.63. The van der Waals surface area contributed by atoms with Gasteiger partial charge in [0.05, 0.1) is 0 Å². The molecule has 0 saturated heterocycles. The second-order valence-corrected chi connectivity index (χ2v) is 3.17. The maximum Gasteiger partial charge on any atom is 1.00 e. The number of hydrogen-bond acceptors (Lipinski definition) is 0. The van der Waals surface area contributed by atoms with Gasteiger partial charge >= 0.3 is 18.9 Å². The van der Waals surface area contributed by atoms with E-state index in [-0.39, 0.29) is 18.9 Å². The van der Waals surface area contributed by atoms with E-state index >= 15 is 0 Å². The third-order valence-corrected chi connectivity index (χ3v) is 2.36. The van der Waals surface area contributed by atoms with Crippen LogP contribution < -0.4 is 18.9 Å². The van der Waals surface area contributed by atoms with Gasteiger partial charge in [-0.1, -0.05) is 36.4 Å². The van der Waals surface area contributed by atoms with E-state index in [1.165, 1.54) is 16.3 Å². The second kappa shape index (κ2) is 4.55. The van der Waals surface area contributed by atoms with E-state index in [1.807, 2.05) is 7.05 Å². The molecule has 0 atom stereocenters. The van der Waals surface area contributed by atoms with E-state index in [4.69, 9.17) is 0 Å². The topological polar surface area (TPSA) is 14.1 Å². The fraction of sp³-hybridized carbons (Fsp3) is 0.167. The third-order valence-electron chi connectivity index (χ3n) is 2.36. The van der Waals surface area contributed by atoms with Crippen LogP contribution in [0, 0.1) is 6.92 Å². The summed E-state index contributed by atoms with van der Waals surface area (Å²) in [5.74, 6) is 0. The van der Waals surface area contributed by atoms with Crippen LogP contribution in [0.4, 0.5) is 5.69 Å². The molecule has 2 aromatic rings. The molecule has 0 fully saturated rings. The van der Waals surface area contributed by atoms with Crippen LogP contribution in [-0.2, 0) is 0 Å². The van der Waals surface area contributed by atoms with Crippen LogP contribution in [0.15, 0.2) is 36.4 Å². The molecule has 0 aromatic heterocycles. The molecule has 0 spiro atoms. The van der Waals surface area contributed by atoms with Crippen molar-refractivity contribution >= 4 is 16.5 Å². The molecule has 0 aliphatic heterocycles. The van der Waals surface area contributed by atoms with Crippen LogP contribution in [-0.4, -0.2) is 7.05 Å². The molecule has 0 bridgehead atoms. The summed E-state index contributed by atoms with van der Waals surface area (Å²) in [4.78, 5) is 0. The predicted molar refractivity (Wildman–Crippen MR) is 57.6 cm³/mol. The largest absolute Gasteiger partial charge is 1.00 e. The summed E-state index contributed by atoms with van der Waals surface area (Å²) in [5, 5.41) is 6.78. The maximum absolute atomic E-state index is 4.24. The SMILES string of the molecule is C[N-]c1ccc(C)c2ccccc12.[Li+]. The van der Waals surface area contributed by atoms with Crippen molar-refractivity contribution in [2.24, 2.45) is 0 Å². The number of fused-ring (bicyclic) bond motifs is 1. The van der Waals surface area contributed by atoms with Crippen LogP contribution in [0.5, 0.6) is 0 Å². The van der Waals surface area contributed by atoms with Crippen molar-refractivity contribution in [2.45, 2.75) is 6.92 Å². The first-order valence-electron chi connectivity index (χ1n) is 4.41. The molecule has 0 aliphatic carbocycles. The van der Waals surface area contributed by atoms with Crippen LogP contribution in [0.3, 0.4) is 0 Å². The molecular weight excluding hydrogens is 165 g/mol. The van der Waals surface area contributed by atoms with E-state index in [0.717, 1.165) is 5.69 Å². The van der Waals surface area contributed by atoms with Gasteiger partial charge in [-0.3, -0.25) is 0 Å². The van der Waals surface area contributed by atoms with E-state index in [0.29, 0.717) is 0 Å². The molecular formula is C12H12LiN. The summed E-state index contributed by atoms with van der Waals surface area (Å²) < 4.78 is 0. The maximum atomic E-state index is 4.24. The van der Waals surface area contributed by atoms with Crippen molar-refractivity contribution in [2.75, 3.05) is 7.05 Å². The molecule has 0 radical (unpaired) electrons. The van der Waals surface area contributed by atoms with Gasteiger partial charge in [-0.2, -0.15) is 0 Å². The molecule has 2 aromatic carbocycles. The molecule has 1 nitrogen and oxygen atoms in total. The summed E-state index contributed by atoms with van der Waals surface area (Å²) >= 11 is 0. The number of aryl methyl sites for hydroxylation is 1. The van der Waals surface area contributed by atoms with Gasteiger partial charge in [-0.05, 0) is 23.3 Å². The average molecular weight is 177 g/mol. The zero-order valence-electron chi connectivity index (χ0n) is 8.91. The quantitative estimate of drug-likeness (QED) is 0.572. The first kappa shape index (κ1) is 11.2. The standard InChI is InChI=1S/C12H12N.Li/c1-9-7-8-12(13-2)11-6-4-3-5-10(9)11;/h3-8H,1-2H3;/q-1;+1. The minimum absolute atomic E-state index is 0. The molecule has 2 rings (SSSR count). The van der Waals surface area contributed by atoms with Gasteiger partial charge in [0, 0.05) is 0 Å². The van der Waals surface area contributed by atoms with E-state index in [9.17, 15) is 0 Å². The zero-order chi connectivity index (χ0) is 9.26. The molecule has 0 amide bonds. The van der Waals surface area contributed by atoms with E-state index in [2.05, 4.69) is 48.6 Å². The Labute approximate surface area is 96.7 Å². The normalized spacial score (nSPS) is 9.57. The third kappa shape index (κ3) is 1.80. The minimum Gasteiger partial charge on any atom is -0.686 e. The van der Waals surface area contributed by atoms with Gasteiger partial charge < -0.3 is 5.32 Å². The Hall–Kier alpha value is -0.903. The molecule has 0 heterocycles. The van der Waals surface area contributed by atoms with Crippen molar-refractivity contribution in [3.8, 4) is 0 Å². The zero-order valence-corrected chi connectivity index (χ0v) is 8.91. The van der Waals surface area contributed by atoms with Crippen molar-refractivity contribution in [1.29, 1.82) is 0 Å². The fourth-order valence-electron chi connectivity index (χ4n) is 1.63. The molecule has 66 valence electrons. The van der Waals surface area contributed by atoms with Gasteiger partial charge in [0.2, 0.25) is 0 Å². The van der Waals surface area contributed by atoms with Gasteiger partial charge in [-0.25, -0.2) is 0 Å². The molecule has 0 saturated carbocycles. The van der Waals surface area contributed by atoms with Crippen LogP contribution in [0.25, 0.3) is 16.1 Å². The molecule has 0 unspecified atom stereocenters. The molecule has 0 N–H and O–H groups in total. The molecule has 14 heavy (non-hydrogen) atoms. The van der Waals surface area contributed by atoms with E-state index < -0.39 is 0 Å². The number of rotatable bonds is 1. The summed E-state index contributed by atoms with van der Waals surface area (Å²) in [7, 11) is 1.83. The van der Waals surface area contributed by atoms with Gasteiger partial charge in [-0.15, -0.1) is 12.7 Å². The Morgan fingerprint density at radius 1 is 0.929 bits per heavy atom. The van der Waals surface area contributed by atoms with Crippen molar-refractivity contribution in [3.63, 3.8) is 0 Å². The predicted octanol–water partition coefficient (Wildman–Crippen LogP) is 0.787. The first-order chi connectivity index (χ1) is 6.33. The Bertz CT molecular complexity index is 437. The van der Waals surface area contributed by atoms with Crippen molar-refractivity contribution in [1.82, 2.24) is 0 Å². The minimum atomic E-state index is 0. The summed E-state index contributed by atoms with van der Waals surface area (Å²) in [6.07, 6.45) is 0. The van der Waals surface area contributed by atoms with Crippen molar-refractivity contribution < 1.29 is 18.9 Å².